The largest absolute Gasteiger partial charge is 0.476 e. The number of para-hydroxylation sites is 2. The summed E-state index contributed by atoms with van der Waals surface area (Å²) in [5, 5.41) is 2.92. The number of hydrogen-bond acceptors (Lipinski definition) is 4. The Bertz CT molecular complexity index is 1050. The van der Waals surface area contributed by atoms with Gasteiger partial charge in [-0.25, -0.2) is 0 Å². The van der Waals surface area contributed by atoms with Crippen molar-refractivity contribution in [1.82, 2.24) is 10.2 Å². The molecule has 0 fully saturated rings. The van der Waals surface area contributed by atoms with Crippen LogP contribution in [0.5, 0.6) is 5.75 Å². The fraction of sp³-hybridized carbons (Fsp3) is 0.444. The normalized spacial score (nSPS) is 16.4. The number of anilines is 1. The number of carbonyl (C=O) groups is 3. The standard InChI is InChI=1S/C27H35N3O4/c1-17(2)23(28-24(31)18-12-14-19(15-13-18)27(3,4)5)26(33)30-16-22(25(32)29(6)7)34-21-11-9-8-10-20(21)30/h8-15,17,22-23H,16H2,1-7H3,(H,28,31)/t22-,23+/m1/s1. The molecule has 0 aromatic heterocycles. The average molecular weight is 466 g/mol. The van der Waals surface area contributed by atoms with E-state index in [0.717, 1.165) is 5.56 Å². The Hall–Kier alpha value is -3.35. The monoisotopic (exact) mass is 465 g/mol. The molecule has 2 atom stereocenters. The van der Waals surface area contributed by atoms with E-state index in [1.54, 1.807) is 49.3 Å². The molecule has 0 saturated carbocycles. The Balaban J connectivity index is 1.86. The number of amides is 3. The third kappa shape index (κ3) is 5.41. The van der Waals surface area contributed by atoms with Crippen molar-refractivity contribution in [3.63, 3.8) is 0 Å². The highest BCUT2D eigenvalue weighted by atomic mass is 16.5. The number of hydrogen-bond donors (Lipinski definition) is 1. The number of carbonyl (C=O) groups excluding carboxylic acids is 3. The lowest BCUT2D eigenvalue weighted by Gasteiger charge is -2.37. The van der Waals surface area contributed by atoms with Gasteiger partial charge in [0, 0.05) is 19.7 Å². The van der Waals surface area contributed by atoms with Crippen molar-refractivity contribution in [2.45, 2.75) is 52.2 Å². The van der Waals surface area contributed by atoms with Crippen LogP contribution in [0.3, 0.4) is 0 Å². The highest BCUT2D eigenvalue weighted by Crippen LogP contribution is 2.34. The molecule has 2 aromatic carbocycles. The van der Waals surface area contributed by atoms with E-state index in [1.807, 2.05) is 32.0 Å². The quantitative estimate of drug-likeness (QED) is 0.732. The summed E-state index contributed by atoms with van der Waals surface area (Å²) >= 11 is 0. The average Bonchev–Trinajstić information content (AvgIpc) is 2.79. The van der Waals surface area contributed by atoms with Gasteiger partial charge in [-0.2, -0.15) is 0 Å². The van der Waals surface area contributed by atoms with Crippen LogP contribution in [0, 0.1) is 5.92 Å². The van der Waals surface area contributed by atoms with E-state index in [1.165, 1.54) is 4.90 Å². The number of fused-ring (bicyclic) bond motifs is 1. The molecule has 1 N–H and O–H groups in total. The second-order valence-electron chi connectivity index (χ2n) is 10.3. The van der Waals surface area contributed by atoms with Gasteiger partial charge in [0.05, 0.1) is 12.2 Å². The smallest absolute Gasteiger partial charge is 0.265 e. The minimum atomic E-state index is -0.817. The van der Waals surface area contributed by atoms with Gasteiger partial charge in [0.1, 0.15) is 11.8 Å². The van der Waals surface area contributed by atoms with Crippen molar-refractivity contribution in [2.75, 3.05) is 25.5 Å². The van der Waals surface area contributed by atoms with Crippen LogP contribution in [-0.4, -0.2) is 55.4 Å². The Kier molecular flexibility index (Phi) is 7.34. The molecular weight excluding hydrogens is 430 g/mol. The van der Waals surface area contributed by atoms with Gasteiger partial charge in [-0.05, 0) is 41.2 Å². The first-order chi connectivity index (χ1) is 15.9. The molecule has 3 rings (SSSR count). The first-order valence-corrected chi connectivity index (χ1v) is 11.6. The zero-order chi connectivity index (χ0) is 25.2. The van der Waals surface area contributed by atoms with Crippen molar-refractivity contribution >= 4 is 23.4 Å². The van der Waals surface area contributed by atoms with Gasteiger partial charge in [-0.3, -0.25) is 14.4 Å². The molecule has 1 heterocycles. The maximum atomic E-state index is 13.7. The molecule has 0 radical (unpaired) electrons. The third-order valence-electron chi connectivity index (χ3n) is 5.99. The molecule has 0 aliphatic carbocycles. The number of nitrogens with zero attached hydrogens (tertiary/aromatic N) is 2. The Morgan fingerprint density at radius 3 is 2.21 bits per heavy atom. The maximum Gasteiger partial charge on any atom is 0.265 e. The summed E-state index contributed by atoms with van der Waals surface area (Å²) in [6.07, 6.45) is -0.817. The van der Waals surface area contributed by atoms with Crippen LogP contribution >= 0.6 is 0 Å². The van der Waals surface area contributed by atoms with Crippen LogP contribution in [0.1, 0.15) is 50.5 Å². The van der Waals surface area contributed by atoms with Gasteiger partial charge >= 0.3 is 0 Å². The molecule has 1 aliphatic rings. The van der Waals surface area contributed by atoms with E-state index in [-0.39, 0.29) is 35.6 Å². The molecule has 1 aliphatic heterocycles. The van der Waals surface area contributed by atoms with Crippen LogP contribution in [0.15, 0.2) is 48.5 Å². The summed E-state index contributed by atoms with van der Waals surface area (Å²) in [6.45, 7) is 10.2. The summed E-state index contributed by atoms with van der Waals surface area (Å²) in [7, 11) is 3.31. The molecule has 7 heteroatoms. The van der Waals surface area contributed by atoms with E-state index >= 15 is 0 Å². The number of nitrogens with one attached hydrogen (secondary N) is 1. The lowest BCUT2D eigenvalue weighted by atomic mass is 9.86. The van der Waals surface area contributed by atoms with E-state index < -0.39 is 12.1 Å². The van der Waals surface area contributed by atoms with E-state index in [0.29, 0.717) is 17.0 Å². The van der Waals surface area contributed by atoms with Crippen LogP contribution in [0.4, 0.5) is 5.69 Å². The highest BCUT2D eigenvalue weighted by molar-refractivity contribution is 6.04. The second kappa shape index (κ2) is 9.87. The first-order valence-electron chi connectivity index (χ1n) is 11.6. The predicted octanol–water partition coefficient (Wildman–Crippen LogP) is 3.62. The molecule has 7 nitrogen and oxygen atoms in total. The number of rotatable bonds is 5. The van der Waals surface area contributed by atoms with E-state index in [9.17, 15) is 14.4 Å². The van der Waals surface area contributed by atoms with E-state index in [2.05, 4.69) is 26.1 Å². The molecule has 34 heavy (non-hydrogen) atoms. The molecular formula is C27H35N3O4. The Morgan fingerprint density at radius 1 is 1.03 bits per heavy atom. The summed E-state index contributed by atoms with van der Waals surface area (Å²) in [5.74, 6) is -0.509. The number of likely N-dealkylation sites (N-methyl/N-ethyl adjacent to an activating group) is 1. The second-order valence-corrected chi connectivity index (χ2v) is 10.3. The highest BCUT2D eigenvalue weighted by Gasteiger charge is 2.38. The van der Waals surface area contributed by atoms with Crippen molar-refractivity contribution in [3.05, 3.63) is 59.7 Å². The third-order valence-corrected chi connectivity index (χ3v) is 5.99. The lowest BCUT2D eigenvalue weighted by Crippen LogP contribution is -2.56. The van der Waals surface area contributed by atoms with Gasteiger partial charge < -0.3 is 19.9 Å². The summed E-state index contributed by atoms with van der Waals surface area (Å²) in [4.78, 5) is 42.4. The molecule has 0 spiro atoms. The van der Waals surface area contributed by atoms with Crippen molar-refractivity contribution < 1.29 is 19.1 Å². The molecule has 0 unspecified atom stereocenters. The zero-order valence-corrected chi connectivity index (χ0v) is 21.1. The van der Waals surface area contributed by atoms with Crippen LogP contribution in [0.2, 0.25) is 0 Å². The van der Waals surface area contributed by atoms with Crippen LogP contribution in [0.25, 0.3) is 0 Å². The van der Waals surface area contributed by atoms with E-state index in [4.69, 9.17) is 4.74 Å². The van der Waals surface area contributed by atoms with Gasteiger partial charge in [-0.15, -0.1) is 0 Å². The molecule has 2 aromatic rings. The fourth-order valence-electron chi connectivity index (χ4n) is 3.89. The number of benzene rings is 2. The van der Waals surface area contributed by atoms with Crippen LogP contribution < -0.4 is 15.0 Å². The van der Waals surface area contributed by atoms with Crippen molar-refractivity contribution in [3.8, 4) is 5.75 Å². The summed E-state index contributed by atoms with van der Waals surface area (Å²) in [6, 6.07) is 13.8. The Morgan fingerprint density at radius 2 is 1.65 bits per heavy atom. The van der Waals surface area contributed by atoms with Crippen molar-refractivity contribution in [2.24, 2.45) is 5.92 Å². The maximum absolute atomic E-state index is 13.7. The summed E-state index contributed by atoms with van der Waals surface area (Å²) in [5.41, 5.74) is 2.19. The fourth-order valence-corrected chi connectivity index (χ4v) is 3.89. The minimum absolute atomic E-state index is 0.0182. The SMILES string of the molecule is CC(C)[C@H](NC(=O)c1ccc(C(C)(C)C)cc1)C(=O)N1C[C@H](C(=O)N(C)C)Oc2ccccc21. The number of ether oxygens (including phenoxy) is 1. The minimum Gasteiger partial charge on any atom is -0.476 e. The van der Waals surface area contributed by atoms with Gasteiger partial charge in [0.15, 0.2) is 6.10 Å². The van der Waals surface area contributed by atoms with Gasteiger partial charge in [0.25, 0.3) is 11.8 Å². The van der Waals surface area contributed by atoms with Crippen molar-refractivity contribution in [1.29, 1.82) is 0 Å². The predicted molar refractivity (Wildman–Crippen MR) is 133 cm³/mol. The van der Waals surface area contributed by atoms with Gasteiger partial charge in [-0.1, -0.05) is 58.9 Å². The van der Waals surface area contributed by atoms with Gasteiger partial charge in [0.2, 0.25) is 5.91 Å². The molecule has 0 saturated heterocycles. The molecule has 182 valence electrons. The Labute approximate surface area is 202 Å². The lowest BCUT2D eigenvalue weighted by molar-refractivity contribution is -0.136. The zero-order valence-electron chi connectivity index (χ0n) is 21.1. The molecule has 3 amide bonds. The topological polar surface area (TPSA) is 79.0 Å². The first kappa shape index (κ1) is 25.3. The molecule has 0 bridgehead atoms. The van der Waals surface area contributed by atoms with Crippen LogP contribution in [-0.2, 0) is 15.0 Å². The summed E-state index contributed by atoms with van der Waals surface area (Å²) < 4.78 is 5.89.